The minimum Gasteiger partial charge on any atom is -0.379 e. The summed E-state index contributed by atoms with van der Waals surface area (Å²) in [5.41, 5.74) is 3.43. The Labute approximate surface area is 118 Å². The highest BCUT2D eigenvalue weighted by molar-refractivity contribution is 5.60. The molecule has 0 saturated heterocycles. The van der Waals surface area contributed by atoms with Gasteiger partial charge in [-0.25, -0.2) is 4.68 Å². The van der Waals surface area contributed by atoms with Gasteiger partial charge in [0.1, 0.15) is 0 Å². The Morgan fingerprint density at radius 1 is 1.10 bits per heavy atom. The molecule has 0 bridgehead atoms. The van der Waals surface area contributed by atoms with E-state index in [0.29, 0.717) is 0 Å². The molecule has 0 radical (unpaired) electrons. The number of nitrogens with one attached hydrogen (secondary N) is 1. The summed E-state index contributed by atoms with van der Waals surface area (Å²) in [5.74, 6) is 0. The van der Waals surface area contributed by atoms with Crippen molar-refractivity contribution in [2.24, 2.45) is 0 Å². The molecule has 3 aromatic rings. The molecule has 0 spiro atoms. The lowest BCUT2D eigenvalue weighted by Crippen LogP contribution is -2.04. The van der Waals surface area contributed by atoms with Crippen molar-refractivity contribution in [1.29, 1.82) is 0 Å². The number of aryl methyl sites for hydroxylation is 1. The van der Waals surface area contributed by atoms with Crippen LogP contribution in [0.25, 0.3) is 5.69 Å². The van der Waals surface area contributed by atoms with Crippen LogP contribution in [-0.2, 0) is 13.1 Å². The fraction of sp³-hybridized carbons (Fsp3) is 0.188. The third-order valence-electron chi connectivity index (χ3n) is 3.32. The second-order valence-corrected chi connectivity index (χ2v) is 4.67. The molecule has 0 fully saturated rings. The number of nitrogens with zero attached hydrogens (tertiary/aromatic N) is 3. The van der Waals surface area contributed by atoms with E-state index in [1.165, 1.54) is 5.56 Å². The highest BCUT2D eigenvalue weighted by Gasteiger charge is 2.04. The predicted molar refractivity (Wildman–Crippen MR) is 81.0 cm³/mol. The van der Waals surface area contributed by atoms with E-state index in [-0.39, 0.29) is 0 Å². The molecule has 2 aromatic heterocycles. The van der Waals surface area contributed by atoms with Gasteiger partial charge in [-0.2, -0.15) is 5.10 Å². The van der Waals surface area contributed by atoms with Crippen LogP contribution in [0.1, 0.15) is 12.5 Å². The Balaban J connectivity index is 1.77. The molecule has 102 valence electrons. The van der Waals surface area contributed by atoms with Crippen LogP contribution in [0.5, 0.6) is 0 Å². The second-order valence-electron chi connectivity index (χ2n) is 4.67. The van der Waals surface area contributed by atoms with Crippen LogP contribution in [0, 0.1) is 0 Å². The molecule has 0 unspecified atom stereocenters. The zero-order chi connectivity index (χ0) is 13.8. The Bertz CT molecular complexity index is 667. The van der Waals surface area contributed by atoms with Crippen molar-refractivity contribution >= 4 is 5.69 Å². The number of para-hydroxylation sites is 2. The Hall–Kier alpha value is -2.49. The van der Waals surface area contributed by atoms with Crippen molar-refractivity contribution in [3.8, 4) is 5.69 Å². The Kier molecular flexibility index (Phi) is 3.54. The number of aromatic nitrogens is 3. The number of benzene rings is 1. The second kappa shape index (κ2) is 5.65. The third-order valence-corrected chi connectivity index (χ3v) is 3.32. The van der Waals surface area contributed by atoms with E-state index in [2.05, 4.69) is 52.5 Å². The Morgan fingerprint density at radius 2 is 2.00 bits per heavy atom. The molecule has 0 aliphatic rings. The van der Waals surface area contributed by atoms with Crippen molar-refractivity contribution in [3.63, 3.8) is 0 Å². The average molecular weight is 266 g/mol. The molecule has 4 heteroatoms. The number of hydrogen-bond acceptors (Lipinski definition) is 2. The molecule has 1 aromatic carbocycles. The number of hydrogen-bond donors (Lipinski definition) is 1. The minimum atomic E-state index is 0.811. The first-order valence-electron chi connectivity index (χ1n) is 6.84. The van der Waals surface area contributed by atoms with Gasteiger partial charge in [0.2, 0.25) is 0 Å². The fourth-order valence-corrected chi connectivity index (χ4v) is 2.22. The molecular formula is C16H18N4. The van der Waals surface area contributed by atoms with Gasteiger partial charge in [0.05, 0.1) is 11.4 Å². The molecule has 0 saturated carbocycles. The van der Waals surface area contributed by atoms with Gasteiger partial charge < -0.3 is 9.88 Å². The Morgan fingerprint density at radius 3 is 2.75 bits per heavy atom. The topological polar surface area (TPSA) is 34.8 Å². The van der Waals surface area contributed by atoms with Crippen molar-refractivity contribution in [2.45, 2.75) is 20.0 Å². The van der Waals surface area contributed by atoms with Crippen LogP contribution in [0.4, 0.5) is 5.69 Å². The van der Waals surface area contributed by atoms with Gasteiger partial charge in [-0.1, -0.05) is 12.1 Å². The lowest BCUT2D eigenvalue weighted by molar-refractivity contribution is 0.766. The van der Waals surface area contributed by atoms with Gasteiger partial charge in [0.15, 0.2) is 0 Å². The molecule has 0 atom stereocenters. The van der Waals surface area contributed by atoms with Crippen molar-refractivity contribution in [3.05, 3.63) is 66.7 Å². The van der Waals surface area contributed by atoms with E-state index < -0.39 is 0 Å². The van der Waals surface area contributed by atoms with Gasteiger partial charge in [-0.15, -0.1) is 0 Å². The quantitative estimate of drug-likeness (QED) is 0.769. The summed E-state index contributed by atoms with van der Waals surface area (Å²) in [7, 11) is 0. The summed E-state index contributed by atoms with van der Waals surface area (Å²) >= 11 is 0. The molecule has 0 aliphatic carbocycles. The summed E-state index contributed by atoms with van der Waals surface area (Å²) in [4.78, 5) is 0. The zero-order valence-corrected chi connectivity index (χ0v) is 11.5. The van der Waals surface area contributed by atoms with E-state index in [4.69, 9.17) is 0 Å². The summed E-state index contributed by atoms with van der Waals surface area (Å²) in [6, 6.07) is 12.3. The maximum absolute atomic E-state index is 4.29. The van der Waals surface area contributed by atoms with E-state index in [1.54, 1.807) is 6.20 Å². The summed E-state index contributed by atoms with van der Waals surface area (Å²) in [6.07, 6.45) is 8.02. The average Bonchev–Trinajstić information content (AvgIpc) is 3.17. The first-order chi connectivity index (χ1) is 9.86. The van der Waals surface area contributed by atoms with Gasteiger partial charge in [-0.05, 0) is 36.8 Å². The fourth-order valence-electron chi connectivity index (χ4n) is 2.22. The standard InChI is InChI=1S/C16H18N4/c1-2-19-11-8-14(13-19)12-17-15-6-3-4-7-16(15)20-10-5-9-18-20/h3-11,13,17H,2,12H2,1H3. The normalized spacial score (nSPS) is 10.7. The first-order valence-corrected chi connectivity index (χ1v) is 6.84. The summed E-state index contributed by atoms with van der Waals surface area (Å²) < 4.78 is 4.05. The van der Waals surface area contributed by atoms with Gasteiger partial charge >= 0.3 is 0 Å². The van der Waals surface area contributed by atoms with Gasteiger partial charge in [0, 0.05) is 37.9 Å². The maximum Gasteiger partial charge on any atom is 0.0876 e. The zero-order valence-electron chi connectivity index (χ0n) is 11.5. The molecule has 3 rings (SSSR count). The lowest BCUT2D eigenvalue weighted by atomic mass is 10.2. The summed E-state index contributed by atoms with van der Waals surface area (Å²) in [6.45, 7) is 3.96. The van der Waals surface area contributed by atoms with Crippen LogP contribution in [0.15, 0.2) is 61.2 Å². The van der Waals surface area contributed by atoms with E-state index >= 15 is 0 Å². The summed E-state index contributed by atoms with van der Waals surface area (Å²) in [5, 5.41) is 7.77. The highest BCUT2D eigenvalue weighted by atomic mass is 15.3. The molecule has 0 aliphatic heterocycles. The van der Waals surface area contributed by atoms with Crippen molar-refractivity contribution in [2.75, 3.05) is 5.32 Å². The monoisotopic (exact) mass is 266 g/mol. The smallest absolute Gasteiger partial charge is 0.0876 e. The number of rotatable bonds is 5. The number of anilines is 1. The van der Waals surface area contributed by atoms with Crippen LogP contribution >= 0.6 is 0 Å². The van der Waals surface area contributed by atoms with E-state index in [9.17, 15) is 0 Å². The first kappa shape index (κ1) is 12.5. The molecular weight excluding hydrogens is 248 g/mol. The molecule has 4 nitrogen and oxygen atoms in total. The highest BCUT2D eigenvalue weighted by Crippen LogP contribution is 2.19. The van der Waals surface area contributed by atoms with E-state index in [1.807, 2.05) is 29.1 Å². The van der Waals surface area contributed by atoms with Crippen molar-refractivity contribution in [1.82, 2.24) is 14.3 Å². The minimum absolute atomic E-state index is 0.811. The molecule has 0 amide bonds. The van der Waals surface area contributed by atoms with Gasteiger partial charge in [-0.3, -0.25) is 0 Å². The third kappa shape index (κ3) is 2.59. The van der Waals surface area contributed by atoms with Crippen LogP contribution in [0.3, 0.4) is 0 Å². The molecule has 2 heterocycles. The molecule has 1 N–H and O–H groups in total. The van der Waals surface area contributed by atoms with Crippen LogP contribution < -0.4 is 5.32 Å². The largest absolute Gasteiger partial charge is 0.379 e. The van der Waals surface area contributed by atoms with Crippen LogP contribution in [-0.4, -0.2) is 14.3 Å². The molecule has 20 heavy (non-hydrogen) atoms. The lowest BCUT2D eigenvalue weighted by Gasteiger charge is -2.11. The van der Waals surface area contributed by atoms with Crippen LogP contribution in [0.2, 0.25) is 0 Å². The SMILES string of the molecule is CCn1ccc(CNc2ccccc2-n2cccn2)c1. The predicted octanol–water partition coefficient (Wildman–Crippen LogP) is 3.31. The van der Waals surface area contributed by atoms with Crippen molar-refractivity contribution < 1.29 is 0 Å². The van der Waals surface area contributed by atoms with E-state index in [0.717, 1.165) is 24.5 Å². The van der Waals surface area contributed by atoms with Gasteiger partial charge in [0.25, 0.3) is 0 Å². The maximum atomic E-state index is 4.29.